The quantitative estimate of drug-likeness (QED) is 0.831. The predicted octanol–water partition coefficient (Wildman–Crippen LogP) is 3.85. The van der Waals surface area contributed by atoms with Crippen LogP contribution in [0.25, 0.3) is 10.9 Å². The number of benzene rings is 1. The van der Waals surface area contributed by atoms with Crippen molar-refractivity contribution in [2.45, 2.75) is 46.7 Å². The number of nitrogens with zero attached hydrogens (tertiary/aromatic N) is 1. The van der Waals surface area contributed by atoms with Gasteiger partial charge in [-0.25, -0.2) is 4.79 Å². The molecule has 0 saturated carbocycles. The maximum absolute atomic E-state index is 12.8. The summed E-state index contributed by atoms with van der Waals surface area (Å²) >= 11 is 6.07. The Bertz CT molecular complexity index is 782. The number of carbonyl (C=O) groups is 2. The van der Waals surface area contributed by atoms with Gasteiger partial charge >= 0.3 is 5.97 Å². The van der Waals surface area contributed by atoms with E-state index in [1.54, 1.807) is 6.07 Å². The number of fused-ring (bicyclic) bond motifs is 1. The van der Waals surface area contributed by atoms with Crippen molar-refractivity contribution in [3.05, 3.63) is 34.5 Å². The van der Waals surface area contributed by atoms with E-state index in [1.165, 1.54) is 0 Å². The number of halogens is 1. The normalized spacial score (nSPS) is 13.7. The van der Waals surface area contributed by atoms with Gasteiger partial charge in [-0.2, -0.15) is 0 Å². The highest BCUT2D eigenvalue weighted by molar-refractivity contribution is 6.31. The Balaban J connectivity index is 2.49. The van der Waals surface area contributed by atoms with E-state index in [4.69, 9.17) is 11.6 Å². The van der Waals surface area contributed by atoms with E-state index in [1.807, 2.05) is 44.4 Å². The van der Waals surface area contributed by atoms with E-state index in [0.29, 0.717) is 23.7 Å². The molecule has 1 heterocycles. The van der Waals surface area contributed by atoms with Crippen LogP contribution in [0, 0.1) is 12.8 Å². The van der Waals surface area contributed by atoms with Gasteiger partial charge in [-0.3, -0.25) is 4.79 Å². The number of nitrogens with one attached hydrogen (secondary N) is 1. The van der Waals surface area contributed by atoms with Crippen molar-refractivity contribution >= 4 is 34.4 Å². The smallest absolute Gasteiger partial charge is 0.326 e. The molecule has 1 amide bonds. The summed E-state index contributed by atoms with van der Waals surface area (Å²) in [6.45, 7) is 8.15. The van der Waals surface area contributed by atoms with Crippen LogP contribution in [0.15, 0.2) is 18.2 Å². The summed E-state index contributed by atoms with van der Waals surface area (Å²) < 4.78 is 1.89. The molecule has 0 spiro atoms. The molecule has 130 valence electrons. The molecule has 2 N–H and O–H groups in total. The second-order valence-corrected chi connectivity index (χ2v) is 6.49. The molecule has 0 aliphatic rings. The first kappa shape index (κ1) is 18.3. The third-order valence-corrected chi connectivity index (χ3v) is 4.81. The van der Waals surface area contributed by atoms with Crippen LogP contribution < -0.4 is 5.32 Å². The first-order valence-corrected chi connectivity index (χ1v) is 8.51. The molecule has 1 aromatic heterocycles. The number of aliphatic carboxylic acids is 1. The van der Waals surface area contributed by atoms with Gasteiger partial charge < -0.3 is 15.0 Å². The Labute approximate surface area is 146 Å². The first-order chi connectivity index (χ1) is 11.3. The molecule has 2 aromatic rings. The molecule has 0 radical (unpaired) electrons. The monoisotopic (exact) mass is 350 g/mol. The molecule has 0 aliphatic carbocycles. The maximum Gasteiger partial charge on any atom is 0.326 e. The molecule has 0 saturated heterocycles. The zero-order valence-electron chi connectivity index (χ0n) is 14.4. The van der Waals surface area contributed by atoms with Crippen LogP contribution in [0.2, 0.25) is 5.02 Å². The Morgan fingerprint density at radius 2 is 2.00 bits per heavy atom. The number of hydrogen-bond donors (Lipinski definition) is 2. The average Bonchev–Trinajstić information content (AvgIpc) is 2.83. The molecule has 24 heavy (non-hydrogen) atoms. The molecule has 2 unspecified atom stereocenters. The fourth-order valence-electron chi connectivity index (χ4n) is 3.01. The second-order valence-electron chi connectivity index (χ2n) is 6.05. The highest BCUT2D eigenvalue weighted by Crippen LogP contribution is 2.28. The minimum atomic E-state index is -1.02. The Morgan fingerprint density at radius 1 is 1.33 bits per heavy atom. The zero-order valence-corrected chi connectivity index (χ0v) is 15.1. The standard InChI is InChI=1S/C18H23ClN2O3/c1-5-10(3)15(18(23)24)20-17(22)16-11(4)13-9-12(19)7-8-14(13)21(16)6-2/h7-10,15H,5-6H2,1-4H3,(H,20,22)(H,23,24). The van der Waals surface area contributed by atoms with Crippen molar-refractivity contribution < 1.29 is 14.7 Å². The van der Waals surface area contributed by atoms with Crippen LogP contribution in [0.1, 0.15) is 43.2 Å². The summed E-state index contributed by atoms with van der Waals surface area (Å²) in [6.07, 6.45) is 0.669. The Kier molecular flexibility index (Phi) is 5.54. The van der Waals surface area contributed by atoms with E-state index < -0.39 is 12.0 Å². The zero-order chi connectivity index (χ0) is 18.0. The maximum atomic E-state index is 12.8. The van der Waals surface area contributed by atoms with E-state index in [0.717, 1.165) is 16.5 Å². The summed E-state index contributed by atoms with van der Waals surface area (Å²) in [5.74, 6) is -1.53. The number of aromatic nitrogens is 1. The Hall–Kier alpha value is -2.01. The minimum Gasteiger partial charge on any atom is -0.480 e. The molecular weight excluding hydrogens is 328 g/mol. The number of carbonyl (C=O) groups excluding carboxylic acids is 1. The van der Waals surface area contributed by atoms with Crippen LogP contribution in [-0.2, 0) is 11.3 Å². The summed E-state index contributed by atoms with van der Waals surface area (Å²) in [5.41, 5.74) is 2.21. The van der Waals surface area contributed by atoms with Gasteiger partial charge in [0.05, 0.1) is 0 Å². The fourth-order valence-corrected chi connectivity index (χ4v) is 3.18. The van der Waals surface area contributed by atoms with Crippen LogP contribution in [0.3, 0.4) is 0 Å². The number of amides is 1. The minimum absolute atomic E-state index is 0.152. The van der Waals surface area contributed by atoms with Gasteiger partial charge in [-0.1, -0.05) is 31.9 Å². The highest BCUT2D eigenvalue weighted by Gasteiger charge is 2.28. The van der Waals surface area contributed by atoms with E-state index in [2.05, 4.69) is 5.32 Å². The van der Waals surface area contributed by atoms with Gasteiger partial charge in [-0.05, 0) is 43.5 Å². The van der Waals surface area contributed by atoms with Crippen molar-refractivity contribution in [3.8, 4) is 0 Å². The Morgan fingerprint density at radius 3 is 2.54 bits per heavy atom. The molecule has 6 heteroatoms. The lowest BCUT2D eigenvalue weighted by Crippen LogP contribution is -2.45. The average molecular weight is 351 g/mol. The molecule has 2 atom stereocenters. The summed E-state index contributed by atoms with van der Waals surface area (Å²) in [4.78, 5) is 24.3. The van der Waals surface area contributed by atoms with Gasteiger partial charge in [0.15, 0.2) is 0 Å². The molecule has 0 bridgehead atoms. The molecular formula is C18H23ClN2O3. The summed E-state index contributed by atoms with van der Waals surface area (Å²) in [6, 6.07) is 4.59. The predicted molar refractivity (Wildman–Crippen MR) is 95.7 cm³/mol. The molecule has 0 fully saturated rings. The van der Waals surface area contributed by atoms with E-state index in [9.17, 15) is 14.7 Å². The summed E-state index contributed by atoms with van der Waals surface area (Å²) in [5, 5.41) is 13.6. The fraction of sp³-hybridized carbons (Fsp3) is 0.444. The molecule has 2 rings (SSSR count). The van der Waals surface area contributed by atoms with Crippen molar-refractivity contribution in [1.29, 1.82) is 0 Å². The number of aryl methyl sites for hydroxylation is 2. The number of rotatable bonds is 6. The topological polar surface area (TPSA) is 71.3 Å². The van der Waals surface area contributed by atoms with Gasteiger partial charge in [0.25, 0.3) is 5.91 Å². The van der Waals surface area contributed by atoms with Crippen molar-refractivity contribution in [2.24, 2.45) is 5.92 Å². The van der Waals surface area contributed by atoms with Crippen molar-refractivity contribution in [2.75, 3.05) is 0 Å². The lowest BCUT2D eigenvalue weighted by molar-refractivity contribution is -0.140. The highest BCUT2D eigenvalue weighted by atomic mass is 35.5. The van der Waals surface area contributed by atoms with Crippen molar-refractivity contribution in [1.82, 2.24) is 9.88 Å². The van der Waals surface area contributed by atoms with Gasteiger partial charge in [-0.15, -0.1) is 0 Å². The van der Waals surface area contributed by atoms with E-state index in [-0.39, 0.29) is 11.8 Å². The molecule has 0 aliphatic heterocycles. The largest absolute Gasteiger partial charge is 0.480 e. The van der Waals surface area contributed by atoms with Crippen LogP contribution in [0.5, 0.6) is 0 Å². The van der Waals surface area contributed by atoms with Crippen molar-refractivity contribution in [3.63, 3.8) is 0 Å². The molecule has 1 aromatic carbocycles. The number of carboxylic acid groups (broad SMARTS) is 1. The summed E-state index contributed by atoms with van der Waals surface area (Å²) in [7, 11) is 0. The van der Waals surface area contributed by atoms with Gasteiger partial charge in [0, 0.05) is 22.5 Å². The van der Waals surface area contributed by atoms with Crippen LogP contribution in [0.4, 0.5) is 0 Å². The number of hydrogen-bond acceptors (Lipinski definition) is 2. The van der Waals surface area contributed by atoms with E-state index >= 15 is 0 Å². The lowest BCUT2D eigenvalue weighted by atomic mass is 9.99. The van der Waals surface area contributed by atoms with Gasteiger partial charge in [0.1, 0.15) is 11.7 Å². The third kappa shape index (κ3) is 3.26. The molecule has 5 nitrogen and oxygen atoms in total. The third-order valence-electron chi connectivity index (χ3n) is 4.58. The second kappa shape index (κ2) is 7.26. The number of carboxylic acids is 1. The SMILES string of the molecule is CCC(C)C(NC(=O)c1c(C)c2cc(Cl)ccc2n1CC)C(=O)O. The van der Waals surface area contributed by atoms with Gasteiger partial charge in [0.2, 0.25) is 0 Å². The van der Waals surface area contributed by atoms with Crippen LogP contribution >= 0.6 is 11.6 Å². The van der Waals surface area contributed by atoms with Crippen LogP contribution in [-0.4, -0.2) is 27.6 Å². The lowest BCUT2D eigenvalue weighted by Gasteiger charge is -2.21. The first-order valence-electron chi connectivity index (χ1n) is 8.13.